The predicted molar refractivity (Wildman–Crippen MR) is 67.2 cm³/mol. The van der Waals surface area contributed by atoms with Crippen molar-refractivity contribution < 1.29 is 0 Å². The summed E-state index contributed by atoms with van der Waals surface area (Å²) in [6, 6.07) is 0. The molecule has 0 aliphatic rings. The molecule has 0 unspecified atom stereocenters. The molecule has 0 heterocycles. The second kappa shape index (κ2) is 12.5. The van der Waals surface area contributed by atoms with Gasteiger partial charge < -0.3 is 0 Å². The molecule has 72 valence electrons. The van der Waals surface area contributed by atoms with Gasteiger partial charge in [-0.3, -0.25) is 0 Å². The molecule has 0 aromatic carbocycles. The Morgan fingerprint density at radius 3 is 1.83 bits per heavy atom. The maximum absolute atomic E-state index is 2.64. The third-order valence-electron chi connectivity index (χ3n) is 2.12. The SMILES string of the molecule is CCCCCCCCC[CH2][Sn][I]. The van der Waals surface area contributed by atoms with Gasteiger partial charge >= 0.3 is 98.5 Å². The average Bonchev–Trinajstić information content (AvgIpc) is 2.10. The van der Waals surface area contributed by atoms with E-state index in [-0.39, 0.29) is 17.2 Å². The van der Waals surface area contributed by atoms with E-state index >= 15 is 0 Å². The van der Waals surface area contributed by atoms with Gasteiger partial charge in [0.1, 0.15) is 0 Å². The van der Waals surface area contributed by atoms with Crippen LogP contribution < -0.4 is 0 Å². The van der Waals surface area contributed by atoms with Gasteiger partial charge in [0.2, 0.25) is 0 Å². The van der Waals surface area contributed by atoms with Crippen molar-refractivity contribution in [1.29, 1.82) is 0 Å². The predicted octanol–water partition coefficient (Wildman–Crippen LogP) is 4.60. The quantitative estimate of drug-likeness (QED) is 0.308. The second-order valence-corrected chi connectivity index (χ2v) is 10.7. The molecule has 0 aliphatic carbocycles. The van der Waals surface area contributed by atoms with E-state index in [1.165, 1.54) is 51.4 Å². The first-order valence-electron chi connectivity index (χ1n) is 5.25. The van der Waals surface area contributed by atoms with Gasteiger partial charge in [-0.2, -0.15) is 0 Å². The number of unbranched alkanes of at least 4 members (excludes halogenated alkanes) is 7. The summed E-state index contributed by atoms with van der Waals surface area (Å²) < 4.78 is 1.60. The van der Waals surface area contributed by atoms with Crippen molar-refractivity contribution in [2.75, 3.05) is 0 Å². The van der Waals surface area contributed by atoms with E-state index in [4.69, 9.17) is 0 Å². The molecule has 0 nitrogen and oxygen atoms in total. The Kier molecular flexibility index (Phi) is 14.1. The first kappa shape index (κ1) is 13.5. The Morgan fingerprint density at radius 2 is 1.33 bits per heavy atom. The van der Waals surface area contributed by atoms with Crippen molar-refractivity contribution >= 4 is 35.8 Å². The maximum atomic E-state index is 2.64. The Labute approximate surface area is 97.7 Å². The van der Waals surface area contributed by atoms with Crippen LogP contribution in [0.1, 0.15) is 58.3 Å². The molecular formula is C10H21ISn. The monoisotopic (exact) mass is 388 g/mol. The van der Waals surface area contributed by atoms with E-state index in [9.17, 15) is 0 Å². The number of halogens is 1. The third kappa shape index (κ3) is 11.5. The van der Waals surface area contributed by atoms with Crippen LogP contribution in [0.15, 0.2) is 0 Å². The fourth-order valence-corrected chi connectivity index (χ4v) is 4.98. The minimum absolute atomic E-state index is 0.111. The molecule has 0 N–H and O–H groups in total. The number of hydrogen-bond acceptors (Lipinski definition) is 0. The van der Waals surface area contributed by atoms with Crippen LogP contribution in [0.2, 0.25) is 4.44 Å². The Morgan fingerprint density at radius 1 is 0.833 bits per heavy atom. The van der Waals surface area contributed by atoms with E-state index in [1.807, 2.05) is 0 Å². The van der Waals surface area contributed by atoms with E-state index < -0.39 is 0 Å². The van der Waals surface area contributed by atoms with Crippen molar-refractivity contribution in [3.05, 3.63) is 0 Å². The summed E-state index contributed by atoms with van der Waals surface area (Å²) in [4.78, 5) is 0. The second-order valence-electron chi connectivity index (χ2n) is 3.36. The zero-order valence-corrected chi connectivity index (χ0v) is 13.3. The molecule has 0 saturated heterocycles. The molecule has 0 spiro atoms. The molecule has 0 amide bonds. The average molecular weight is 387 g/mol. The number of rotatable bonds is 9. The molecule has 2 heteroatoms. The normalized spacial score (nSPS) is 10.5. The molecule has 0 atom stereocenters. The standard InChI is InChI=1S/C10H21.HI.Sn/c1-3-5-7-9-10-8-6-4-2;;/h1,3-10H2,2H3;1H;/q;;+1/p-1. The van der Waals surface area contributed by atoms with E-state index in [1.54, 1.807) is 4.44 Å². The van der Waals surface area contributed by atoms with Crippen LogP contribution in [0.25, 0.3) is 0 Å². The molecule has 2 radical (unpaired) electrons. The summed E-state index contributed by atoms with van der Waals surface area (Å²) >= 11 is 2.75. The van der Waals surface area contributed by atoms with Crippen LogP contribution in [0.4, 0.5) is 0 Å². The van der Waals surface area contributed by atoms with Gasteiger partial charge in [-0.1, -0.05) is 0 Å². The van der Waals surface area contributed by atoms with Crippen molar-refractivity contribution in [3.8, 4) is 0 Å². The fourth-order valence-electron chi connectivity index (χ4n) is 1.33. The van der Waals surface area contributed by atoms with Crippen LogP contribution in [0.5, 0.6) is 0 Å². The first-order chi connectivity index (χ1) is 5.91. The Bertz CT molecular complexity index is 66.2. The molecule has 0 rings (SSSR count). The van der Waals surface area contributed by atoms with Gasteiger partial charge in [0.05, 0.1) is 0 Å². The zero-order valence-electron chi connectivity index (χ0n) is 8.24. The first-order valence-corrected chi connectivity index (χ1v) is 15.6. The van der Waals surface area contributed by atoms with Crippen LogP contribution in [0.3, 0.4) is 0 Å². The minimum atomic E-state index is 0.111. The molecule has 0 aliphatic heterocycles. The topological polar surface area (TPSA) is 0 Å². The van der Waals surface area contributed by atoms with Crippen LogP contribution in [-0.4, -0.2) is 17.2 Å². The van der Waals surface area contributed by atoms with Crippen LogP contribution in [0, 0.1) is 0 Å². The number of hydrogen-bond donors (Lipinski definition) is 0. The molecule has 0 aromatic heterocycles. The molecule has 0 aromatic rings. The van der Waals surface area contributed by atoms with Crippen molar-refractivity contribution in [2.45, 2.75) is 62.7 Å². The summed E-state index contributed by atoms with van der Waals surface area (Å²) in [5.41, 5.74) is 0. The van der Waals surface area contributed by atoms with E-state index in [2.05, 4.69) is 25.6 Å². The van der Waals surface area contributed by atoms with Crippen LogP contribution in [-0.2, 0) is 0 Å². The summed E-state index contributed by atoms with van der Waals surface area (Å²) in [5, 5.41) is 0. The fraction of sp³-hybridized carbons (Fsp3) is 1.00. The molecule has 12 heavy (non-hydrogen) atoms. The Balaban J connectivity index is 2.73. The van der Waals surface area contributed by atoms with E-state index in [0.717, 1.165) is 0 Å². The van der Waals surface area contributed by atoms with Gasteiger partial charge in [0, 0.05) is 0 Å². The third-order valence-corrected chi connectivity index (χ3v) is 7.29. The summed E-state index contributed by atoms with van der Waals surface area (Å²) in [6.07, 6.45) is 11.8. The van der Waals surface area contributed by atoms with Gasteiger partial charge in [0.15, 0.2) is 0 Å². The molecular weight excluding hydrogens is 366 g/mol. The van der Waals surface area contributed by atoms with Crippen molar-refractivity contribution in [2.24, 2.45) is 0 Å². The van der Waals surface area contributed by atoms with Gasteiger partial charge in [0.25, 0.3) is 0 Å². The molecule has 0 saturated carbocycles. The van der Waals surface area contributed by atoms with Crippen LogP contribution >= 0.6 is 18.6 Å². The summed E-state index contributed by atoms with van der Waals surface area (Å²) in [7, 11) is 0. The summed E-state index contributed by atoms with van der Waals surface area (Å²) in [5.74, 6) is 0. The van der Waals surface area contributed by atoms with Gasteiger partial charge in [-0.25, -0.2) is 0 Å². The summed E-state index contributed by atoms with van der Waals surface area (Å²) in [6.45, 7) is 2.28. The van der Waals surface area contributed by atoms with Gasteiger partial charge in [-0.05, 0) is 0 Å². The molecule has 0 fully saturated rings. The van der Waals surface area contributed by atoms with Crippen molar-refractivity contribution in [1.82, 2.24) is 0 Å². The Hall–Kier alpha value is 1.53. The zero-order chi connectivity index (χ0) is 9.07. The van der Waals surface area contributed by atoms with E-state index in [0.29, 0.717) is 0 Å². The van der Waals surface area contributed by atoms with Gasteiger partial charge in [-0.15, -0.1) is 0 Å². The molecule has 0 bridgehead atoms. The van der Waals surface area contributed by atoms with Crippen molar-refractivity contribution in [3.63, 3.8) is 0 Å².